The monoisotopic (exact) mass is 297 g/mol. The molecule has 0 heterocycles. The molecule has 0 saturated heterocycles. The van der Waals surface area contributed by atoms with Gasteiger partial charge in [-0.2, -0.15) is 0 Å². The second-order valence-electron chi connectivity index (χ2n) is 5.35. The van der Waals surface area contributed by atoms with Crippen LogP contribution in [0, 0.1) is 0 Å². The summed E-state index contributed by atoms with van der Waals surface area (Å²) >= 11 is 0. The number of hydrogen-bond donors (Lipinski definition) is 2. The predicted molar refractivity (Wildman–Crippen MR) is 92.3 cm³/mol. The molecule has 1 amide bonds. The first-order chi connectivity index (χ1) is 10.7. The number of nitrogens with one attached hydrogen (secondary N) is 2. The number of carbonyl (C=O) groups is 1. The number of hydrogen-bond acceptors (Lipinski definition) is 3. The van der Waals surface area contributed by atoms with Crippen LogP contribution in [-0.2, 0) is 11.2 Å². The highest BCUT2D eigenvalue weighted by Gasteiger charge is 2.07. The lowest BCUT2D eigenvalue weighted by atomic mass is 10.1. The van der Waals surface area contributed by atoms with Gasteiger partial charge >= 0.3 is 0 Å². The third-order valence-electron chi connectivity index (χ3n) is 3.47. The number of likely N-dealkylation sites (N-methyl/N-ethyl adjacent to an activating group) is 1. The van der Waals surface area contributed by atoms with Gasteiger partial charge in [0.15, 0.2) is 0 Å². The summed E-state index contributed by atoms with van der Waals surface area (Å²) in [4.78, 5) is 14.1. The molecule has 0 aliphatic rings. The Bertz CT molecular complexity index is 598. The van der Waals surface area contributed by atoms with E-state index < -0.39 is 0 Å². The molecule has 0 spiro atoms. The molecule has 4 nitrogen and oxygen atoms in total. The molecule has 22 heavy (non-hydrogen) atoms. The summed E-state index contributed by atoms with van der Waals surface area (Å²) in [6.45, 7) is 1.24. The van der Waals surface area contributed by atoms with Gasteiger partial charge in [-0.05, 0) is 37.2 Å². The van der Waals surface area contributed by atoms with Gasteiger partial charge in [0.05, 0.1) is 6.54 Å². The molecule has 0 aliphatic carbocycles. The van der Waals surface area contributed by atoms with Crippen molar-refractivity contribution in [2.75, 3.05) is 37.8 Å². The molecule has 0 aliphatic heterocycles. The zero-order valence-corrected chi connectivity index (χ0v) is 13.2. The maximum absolute atomic E-state index is 12.1. The Morgan fingerprint density at radius 1 is 1.05 bits per heavy atom. The van der Waals surface area contributed by atoms with E-state index in [9.17, 15) is 4.79 Å². The van der Waals surface area contributed by atoms with Gasteiger partial charge in [-0.1, -0.05) is 36.4 Å². The van der Waals surface area contributed by atoms with Crippen molar-refractivity contribution in [1.29, 1.82) is 0 Å². The van der Waals surface area contributed by atoms with E-state index in [-0.39, 0.29) is 5.91 Å². The summed E-state index contributed by atoms with van der Waals surface area (Å²) in [6, 6.07) is 18.0. The Labute approximate surface area is 132 Å². The van der Waals surface area contributed by atoms with Gasteiger partial charge in [0.2, 0.25) is 5.91 Å². The van der Waals surface area contributed by atoms with Crippen LogP contribution in [0.5, 0.6) is 0 Å². The van der Waals surface area contributed by atoms with Gasteiger partial charge in [0.25, 0.3) is 0 Å². The number of nitrogens with zero attached hydrogens (tertiary/aromatic N) is 1. The van der Waals surface area contributed by atoms with Gasteiger partial charge in [-0.15, -0.1) is 0 Å². The molecule has 0 bridgehead atoms. The normalized spacial score (nSPS) is 10.5. The van der Waals surface area contributed by atoms with Crippen LogP contribution in [0.3, 0.4) is 0 Å². The van der Waals surface area contributed by atoms with Gasteiger partial charge in [-0.25, -0.2) is 0 Å². The maximum Gasteiger partial charge on any atom is 0.238 e. The highest BCUT2D eigenvalue weighted by Crippen LogP contribution is 2.14. The quantitative estimate of drug-likeness (QED) is 0.826. The first-order valence-corrected chi connectivity index (χ1v) is 7.47. The Morgan fingerprint density at radius 3 is 2.50 bits per heavy atom. The molecule has 2 aromatic carbocycles. The summed E-state index contributed by atoms with van der Waals surface area (Å²) in [7, 11) is 3.82. The molecule has 4 heteroatoms. The van der Waals surface area contributed by atoms with Crippen molar-refractivity contribution in [3.05, 3.63) is 60.2 Å². The van der Waals surface area contributed by atoms with Crippen molar-refractivity contribution < 1.29 is 4.79 Å². The van der Waals surface area contributed by atoms with Crippen molar-refractivity contribution in [2.24, 2.45) is 0 Å². The third kappa shape index (κ3) is 5.22. The third-order valence-corrected chi connectivity index (χ3v) is 3.47. The molecule has 0 radical (unpaired) electrons. The minimum Gasteiger partial charge on any atom is -0.388 e. The largest absolute Gasteiger partial charge is 0.388 e. The van der Waals surface area contributed by atoms with E-state index in [1.165, 1.54) is 5.56 Å². The smallest absolute Gasteiger partial charge is 0.238 e. The van der Waals surface area contributed by atoms with Crippen LogP contribution in [-0.4, -0.2) is 38.0 Å². The molecular weight excluding hydrogens is 274 g/mol. The molecule has 2 N–H and O–H groups in total. The number of benzene rings is 2. The van der Waals surface area contributed by atoms with Crippen LogP contribution in [0.1, 0.15) is 5.56 Å². The predicted octanol–water partition coefficient (Wildman–Crippen LogP) is 2.84. The van der Waals surface area contributed by atoms with Gasteiger partial charge in [0, 0.05) is 25.0 Å². The SMILES string of the molecule is CNc1cccc(NC(=O)CN(C)CCc2ccccc2)c1. The van der Waals surface area contributed by atoms with Crippen molar-refractivity contribution in [3.63, 3.8) is 0 Å². The first-order valence-electron chi connectivity index (χ1n) is 7.47. The van der Waals surface area contributed by atoms with Crippen LogP contribution in [0.4, 0.5) is 11.4 Å². The highest BCUT2D eigenvalue weighted by atomic mass is 16.2. The van der Waals surface area contributed by atoms with Gasteiger partial charge in [0.1, 0.15) is 0 Å². The fraction of sp³-hybridized carbons (Fsp3) is 0.278. The number of carbonyl (C=O) groups excluding carboxylic acids is 1. The van der Waals surface area contributed by atoms with Crippen LogP contribution < -0.4 is 10.6 Å². The van der Waals surface area contributed by atoms with Crippen LogP contribution in [0.15, 0.2) is 54.6 Å². The standard InChI is InChI=1S/C18H23N3O/c1-19-16-9-6-10-17(13-16)20-18(22)14-21(2)12-11-15-7-4-3-5-8-15/h3-10,13,19H,11-12,14H2,1-2H3,(H,20,22). The molecule has 2 rings (SSSR count). The molecule has 2 aromatic rings. The van der Waals surface area contributed by atoms with Crippen molar-refractivity contribution in [2.45, 2.75) is 6.42 Å². The molecule has 0 atom stereocenters. The van der Waals surface area contributed by atoms with E-state index in [4.69, 9.17) is 0 Å². The fourth-order valence-corrected chi connectivity index (χ4v) is 2.24. The second kappa shape index (κ2) is 8.20. The number of rotatable bonds is 7. The first kappa shape index (κ1) is 16.0. The highest BCUT2D eigenvalue weighted by molar-refractivity contribution is 5.92. The Balaban J connectivity index is 1.78. The molecule has 0 saturated carbocycles. The van der Waals surface area contributed by atoms with E-state index in [1.54, 1.807) is 0 Å². The maximum atomic E-state index is 12.1. The van der Waals surface area contributed by atoms with Crippen LogP contribution in [0.25, 0.3) is 0 Å². The van der Waals surface area contributed by atoms with Crippen molar-refractivity contribution >= 4 is 17.3 Å². The molecule has 116 valence electrons. The minimum atomic E-state index is 0.00353. The average molecular weight is 297 g/mol. The summed E-state index contributed by atoms with van der Waals surface area (Å²) in [5, 5.41) is 5.98. The van der Waals surface area contributed by atoms with E-state index in [2.05, 4.69) is 22.8 Å². The zero-order chi connectivity index (χ0) is 15.8. The van der Waals surface area contributed by atoms with Crippen LogP contribution >= 0.6 is 0 Å². The Kier molecular flexibility index (Phi) is 5.98. The summed E-state index contributed by atoms with van der Waals surface area (Å²) < 4.78 is 0. The number of amides is 1. The molecular formula is C18H23N3O. The van der Waals surface area contributed by atoms with Gasteiger partial charge < -0.3 is 10.6 Å². The summed E-state index contributed by atoms with van der Waals surface area (Å²) in [5.41, 5.74) is 3.08. The average Bonchev–Trinajstić information content (AvgIpc) is 2.54. The molecule has 0 unspecified atom stereocenters. The van der Waals surface area contributed by atoms with Crippen molar-refractivity contribution in [3.8, 4) is 0 Å². The van der Waals surface area contributed by atoms with Crippen LogP contribution in [0.2, 0.25) is 0 Å². The van der Waals surface area contributed by atoms with Gasteiger partial charge in [-0.3, -0.25) is 9.69 Å². The van der Waals surface area contributed by atoms with Crippen molar-refractivity contribution in [1.82, 2.24) is 4.90 Å². The van der Waals surface area contributed by atoms with E-state index in [0.717, 1.165) is 24.3 Å². The molecule has 0 fully saturated rings. The summed E-state index contributed by atoms with van der Waals surface area (Å²) in [5.74, 6) is 0.00353. The molecule has 0 aromatic heterocycles. The topological polar surface area (TPSA) is 44.4 Å². The second-order valence-corrected chi connectivity index (χ2v) is 5.35. The number of anilines is 2. The fourth-order valence-electron chi connectivity index (χ4n) is 2.24. The van der Waals surface area contributed by atoms with E-state index in [1.807, 2.05) is 61.5 Å². The Morgan fingerprint density at radius 2 is 1.77 bits per heavy atom. The summed E-state index contributed by atoms with van der Waals surface area (Å²) in [6.07, 6.45) is 0.944. The van der Waals surface area contributed by atoms with E-state index in [0.29, 0.717) is 6.54 Å². The lowest BCUT2D eigenvalue weighted by Gasteiger charge is -2.16. The lowest BCUT2D eigenvalue weighted by Crippen LogP contribution is -2.31. The zero-order valence-electron chi connectivity index (χ0n) is 13.2. The minimum absolute atomic E-state index is 0.00353. The Hall–Kier alpha value is -2.33. The van der Waals surface area contributed by atoms with E-state index >= 15 is 0 Å². The lowest BCUT2D eigenvalue weighted by molar-refractivity contribution is -0.117.